The fourth-order valence-corrected chi connectivity index (χ4v) is 7.94. The molecule has 39 heavy (non-hydrogen) atoms. The average Bonchev–Trinajstić information content (AvgIpc) is 3.25. The summed E-state index contributed by atoms with van der Waals surface area (Å²) in [6, 6.07) is 14.2. The van der Waals surface area contributed by atoms with Crippen molar-refractivity contribution in [2.24, 2.45) is 11.8 Å². The van der Waals surface area contributed by atoms with Crippen LogP contribution in [0.4, 0.5) is 4.39 Å². The van der Waals surface area contributed by atoms with E-state index in [1.807, 2.05) is 6.92 Å². The summed E-state index contributed by atoms with van der Waals surface area (Å²) in [6.45, 7) is 6.11. The van der Waals surface area contributed by atoms with E-state index in [4.69, 9.17) is 0 Å². The van der Waals surface area contributed by atoms with Gasteiger partial charge in [0.25, 0.3) is 10.0 Å². The molecule has 0 bridgehead atoms. The molecule has 0 saturated carbocycles. The first-order valence-electron chi connectivity index (χ1n) is 13.8. The number of hydrogen-bond acceptors (Lipinski definition) is 5. The van der Waals surface area contributed by atoms with Crippen LogP contribution in [0.3, 0.4) is 0 Å². The highest BCUT2D eigenvalue weighted by Crippen LogP contribution is 2.36. The van der Waals surface area contributed by atoms with Crippen LogP contribution in [0, 0.1) is 24.6 Å². The number of fused-ring (bicyclic) bond motifs is 1. The van der Waals surface area contributed by atoms with E-state index < -0.39 is 10.0 Å². The van der Waals surface area contributed by atoms with Gasteiger partial charge in [-0.15, -0.1) is 0 Å². The standard InChI is InChI=1S/C31H35FN2O4S/c1-3-27-21(2)34(39(37,38)26-7-5-4-6-8-26)28-14-11-23(31(36)29(27)28)15-18-33-19-16-24(17-20-33)30(35)22-9-12-25(32)13-10-22/h4-10,12-13,23-24H,3,11,14-20H2,1-2H3. The van der Waals surface area contributed by atoms with Gasteiger partial charge in [-0.1, -0.05) is 25.1 Å². The van der Waals surface area contributed by atoms with Crippen LogP contribution in [0.2, 0.25) is 0 Å². The topological polar surface area (TPSA) is 76.5 Å². The van der Waals surface area contributed by atoms with Crippen LogP contribution in [0.1, 0.15) is 70.3 Å². The maximum absolute atomic E-state index is 13.7. The molecule has 2 aliphatic rings. The van der Waals surface area contributed by atoms with Crippen LogP contribution < -0.4 is 0 Å². The highest BCUT2D eigenvalue weighted by Gasteiger charge is 2.37. The first kappa shape index (κ1) is 27.5. The Hall–Kier alpha value is -3.10. The average molecular weight is 551 g/mol. The zero-order valence-electron chi connectivity index (χ0n) is 22.5. The van der Waals surface area contributed by atoms with Crippen molar-refractivity contribution < 1.29 is 22.4 Å². The van der Waals surface area contributed by atoms with Gasteiger partial charge >= 0.3 is 0 Å². The smallest absolute Gasteiger partial charge is 0.268 e. The number of ketones is 2. The summed E-state index contributed by atoms with van der Waals surface area (Å²) < 4.78 is 41.7. The van der Waals surface area contributed by atoms with Gasteiger partial charge in [-0.3, -0.25) is 9.59 Å². The number of halogens is 1. The van der Waals surface area contributed by atoms with Gasteiger partial charge in [-0.05, 0) is 107 Å². The molecule has 1 saturated heterocycles. The quantitative estimate of drug-likeness (QED) is 0.348. The lowest BCUT2D eigenvalue weighted by atomic mass is 9.82. The second kappa shape index (κ2) is 11.2. The molecule has 0 N–H and O–H groups in total. The van der Waals surface area contributed by atoms with E-state index in [1.165, 1.54) is 16.1 Å². The van der Waals surface area contributed by atoms with E-state index in [2.05, 4.69) is 4.90 Å². The predicted molar refractivity (Wildman–Crippen MR) is 148 cm³/mol. The summed E-state index contributed by atoms with van der Waals surface area (Å²) in [5, 5.41) is 0. The van der Waals surface area contributed by atoms with Crippen molar-refractivity contribution in [3.05, 3.63) is 88.5 Å². The van der Waals surface area contributed by atoms with Crippen molar-refractivity contribution in [1.29, 1.82) is 0 Å². The van der Waals surface area contributed by atoms with E-state index in [1.54, 1.807) is 49.4 Å². The molecule has 2 aromatic carbocycles. The van der Waals surface area contributed by atoms with E-state index in [-0.39, 0.29) is 34.1 Å². The Morgan fingerprint density at radius 3 is 2.31 bits per heavy atom. The first-order chi connectivity index (χ1) is 18.7. The van der Waals surface area contributed by atoms with E-state index in [0.29, 0.717) is 48.2 Å². The number of carbonyl (C=O) groups excluding carboxylic acids is 2. The number of benzene rings is 2. The number of hydrogen-bond donors (Lipinski definition) is 0. The molecule has 206 valence electrons. The Morgan fingerprint density at radius 1 is 1.00 bits per heavy atom. The Kier molecular flexibility index (Phi) is 7.87. The molecule has 0 amide bonds. The van der Waals surface area contributed by atoms with E-state index in [0.717, 1.165) is 38.0 Å². The molecule has 2 heterocycles. The number of nitrogens with zero attached hydrogens (tertiary/aromatic N) is 2. The van der Waals surface area contributed by atoms with Crippen LogP contribution in [0.5, 0.6) is 0 Å². The number of aromatic nitrogens is 1. The van der Waals surface area contributed by atoms with Gasteiger partial charge in [0.1, 0.15) is 5.82 Å². The molecule has 8 heteroatoms. The Balaban J connectivity index is 1.25. The van der Waals surface area contributed by atoms with Crippen LogP contribution in [-0.4, -0.2) is 48.5 Å². The lowest BCUT2D eigenvalue weighted by Gasteiger charge is -2.32. The lowest BCUT2D eigenvalue weighted by molar-refractivity contribution is 0.0819. The van der Waals surface area contributed by atoms with E-state index >= 15 is 0 Å². The maximum Gasteiger partial charge on any atom is 0.268 e. The highest BCUT2D eigenvalue weighted by molar-refractivity contribution is 7.90. The van der Waals surface area contributed by atoms with Crippen molar-refractivity contribution >= 4 is 21.6 Å². The Labute approximate surface area is 229 Å². The fourth-order valence-electron chi connectivity index (χ4n) is 6.28. The zero-order valence-corrected chi connectivity index (χ0v) is 23.3. The molecule has 1 aliphatic heterocycles. The number of likely N-dealkylation sites (tertiary alicyclic amines) is 1. The number of piperidine rings is 1. The third-order valence-electron chi connectivity index (χ3n) is 8.44. The minimum absolute atomic E-state index is 0.0552. The monoisotopic (exact) mass is 550 g/mol. The van der Waals surface area contributed by atoms with Gasteiger partial charge < -0.3 is 4.90 Å². The molecule has 0 spiro atoms. The molecule has 0 radical (unpaired) electrons. The summed E-state index contributed by atoms with van der Waals surface area (Å²) in [7, 11) is -3.80. The SMILES string of the molecule is CCc1c2c(n(S(=O)(=O)c3ccccc3)c1C)CCC(CCN1CCC(C(=O)c3ccc(F)cc3)CC1)C2=O. The number of rotatable bonds is 8. The van der Waals surface area contributed by atoms with Gasteiger partial charge in [0, 0.05) is 34.4 Å². The summed E-state index contributed by atoms with van der Waals surface area (Å²) >= 11 is 0. The lowest BCUT2D eigenvalue weighted by Crippen LogP contribution is -2.38. The number of Topliss-reactive ketones (excluding diaryl/α,β-unsaturated/α-hetero) is 2. The third kappa shape index (κ3) is 5.24. The molecule has 1 unspecified atom stereocenters. The third-order valence-corrected chi connectivity index (χ3v) is 10.3. The van der Waals surface area contributed by atoms with Crippen molar-refractivity contribution in [2.75, 3.05) is 19.6 Å². The minimum atomic E-state index is -3.80. The zero-order chi connectivity index (χ0) is 27.7. The Morgan fingerprint density at radius 2 is 1.67 bits per heavy atom. The molecular weight excluding hydrogens is 515 g/mol. The molecule has 1 fully saturated rings. The second-order valence-corrected chi connectivity index (χ2v) is 12.5. The van der Waals surface area contributed by atoms with Crippen molar-refractivity contribution in [2.45, 2.75) is 57.3 Å². The minimum Gasteiger partial charge on any atom is -0.303 e. The molecule has 3 aromatic rings. The normalized spacial score (nSPS) is 18.7. The van der Waals surface area contributed by atoms with Crippen molar-refractivity contribution in [1.82, 2.24) is 8.87 Å². The summed E-state index contributed by atoms with van der Waals surface area (Å²) in [4.78, 5) is 29.1. The van der Waals surface area contributed by atoms with Gasteiger partial charge in [0.2, 0.25) is 0 Å². The maximum atomic E-state index is 13.7. The number of carbonyl (C=O) groups is 2. The van der Waals surface area contributed by atoms with Crippen molar-refractivity contribution in [3.8, 4) is 0 Å². The van der Waals surface area contributed by atoms with Crippen LogP contribution in [0.15, 0.2) is 59.5 Å². The first-order valence-corrected chi connectivity index (χ1v) is 15.3. The van der Waals surface area contributed by atoms with Crippen molar-refractivity contribution in [3.63, 3.8) is 0 Å². The predicted octanol–water partition coefficient (Wildman–Crippen LogP) is 5.47. The van der Waals surface area contributed by atoms with Crippen LogP contribution in [-0.2, 0) is 22.9 Å². The van der Waals surface area contributed by atoms with Gasteiger partial charge in [0.15, 0.2) is 11.6 Å². The summed E-state index contributed by atoms with van der Waals surface area (Å²) in [6.07, 6.45) is 3.99. The van der Waals surface area contributed by atoms with Gasteiger partial charge in [-0.2, -0.15) is 0 Å². The second-order valence-electron chi connectivity index (χ2n) is 10.7. The summed E-state index contributed by atoms with van der Waals surface area (Å²) in [5.74, 6) is -0.425. The molecule has 6 nitrogen and oxygen atoms in total. The molecular formula is C31H35FN2O4S. The highest BCUT2D eigenvalue weighted by atomic mass is 32.2. The Bertz CT molecular complexity index is 1470. The van der Waals surface area contributed by atoms with Crippen LogP contribution in [0.25, 0.3) is 0 Å². The largest absolute Gasteiger partial charge is 0.303 e. The van der Waals surface area contributed by atoms with E-state index in [9.17, 15) is 22.4 Å². The van der Waals surface area contributed by atoms with Gasteiger partial charge in [0.05, 0.1) is 4.90 Å². The van der Waals surface area contributed by atoms with Gasteiger partial charge in [-0.25, -0.2) is 16.8 Å². The molecule has 1 aliphatic carbocycles. The molecule has 1 atom stereocenters. The van der Waals surface area contributed by atoms with Crippen LogP contribution >= 0.6 is 0 Å². The molecule has 5 rings (SSSR count). The fraction of sp³-hybridized carbons (Fsp3) is 0.419. The summed E-state index contributed by atoms with van der Waals surface area (Å²) in [5.41, 5.74) is 3.25. The molecule has 1 aromatic heterocycles.